The molecule has 0 fully saturated rings. The highest BCUT2D eigenvalue weighted by atomic mass is 35.5. The molecule has 2 aromatic carbocycles. The number of ether oxygens (including phenoxy) is 2. The second-order valence-corrected chi connectivity index (χ2v) is 7.75. The summed E-state index contributed by atoms with van der Waals surface area (Å²) in [6.07, 6.45) is 3.69. The van der Waals surface area contributed by atoms with Gasteiger partial charge in [-0.2, -0.15) is 0 Å². The number of fused-ring (bicyclic) bond motifs is 3. The molecular weight excluding hydrogens is 430 g/mol. The Bertz CT molecular complexity index is 1140. The summed E-state index contributed by atoms with van der Waals surface area (Å²) >= 11 is 6.00. The molecule has 0 saturated heterocycles. The summed E-state index contributed by atoms with van der Waals surface area (Å²) in [6.45, 7) is 3.62. The van der Waals surface area contributed by atoms with Crippen LogP contribution in [0.3, 0.4) is 0 Å². The van der Waals surface area contributed by atoms with E-state index >= 15 is 0 Å². The number of rotatable bonds is 6. The SMILES string of the molecule is CCOC(=O)C1=C(C(=O)OCC)C(C(=O)c2ccc(Cl)cc2)N2c3ccccc3C=CC12. The first-order valence-electron chi connectivity index (χ1n) is 10.4. The first-order chi connectivity index (χ1) is 15.5. The molecule has 2 atom stereocenters. The summed E-state index contributed by atoms with van der Waals surface area (Å²) in [5.74, 6) is -1.68. The van der Waals surface area contributed by atoms with Crippen LogP contribution in [0.5, 0.6) is 0 Å². The number of carbonyl (C=O) groups excluding carboxylic acids is 3. The Labute approximate surface area is 191 Å². The van der Waals surface area contributed by atoms with Crippen LogP contribution in [0.4, 0.5) is 5.69 Å². The van der Waals surface area contributed by atoms with Crippen LogP contribution in [0.25, 0.3) is 6.08 Å². The smallest absolute Gasteiger partial charge is 0.337 e. The fourth-order valence-electron chi connectivity index (χ4n) is 4.18. The molecule has 0 bridgehead atoms. The highest BCUT2D eigenvalue weighted by Crippen LogP contribution is 2.43. The molecule has 0 aromatic heterocycles. The molecule has 2 aliphatic heterocycles. The van der Waals surface area contributed by atoms with Gasteiger partial charge >= 0.3 is 11.9 Å². The number of nitrogens with zero attached hydrogens (tertiary/aromatic N) is 1. The molecule has 164 valence electrons. The number of carbonyl (C=O) groups is 3. The summed E-state index contributed by atoms with van der Waals surface area (Å²) in [6, 6.07) is 12.3. The van der Waals surface area contributed by atoms with Gasteiger partial charge in [0.05, 0.1) is 30.4 Å². The van der Waals surface area contributed by atoms with Crippen LogP contribution in [-0.4, -0.2) is 43.0 Å². The van der Waals surface area contributed by atoms with E-state index in [1.165, 1.54) is 0 Å². The Hall–Kier alpha value is -3.38. The zero-order valence-corrected chi connectivity index (χ0v) is 18.5. The highest BCUT2D eigenvalue weighted by molar-refractivity contribution is 6.30. The van der Waals surface area contributed by atoms with Gasteiger partial charge in [0.15, 0.2) is 5.78 Å². The molecule has 0 radical (unpaired) electrons. The van der Waals surface area contributed by atoms with E-state index < -0.39 is 24.0 Å². The Morgan fingerprint density at radius 1 is 0.906 bits per heavy atom. The van der Waals surface area contributed by atoms with E-state index in [-0.39, 0.29) is 30.1 Å². The topological polar surface area (TPSA) is 72.9 Å². The highest BCUT2D eigenvalue weighted by Gasteiger charge is 2.51. The van der Waals surface area contributed by atoms with Crippen molar-refractivity contribution in [2.24, 2.45) is 0 Å². The van der Waals surface area contributed by atoms with Crippen LogP contribution in [0.15, 0.2) is 65.8 Å². The van der Waals surface area contributed by atoms with Crippen molar-refractivity contribution in [1.29, 1.82) is 0 Å². The predicted molar refractivity (Wildman–Crippen MR) is 122 cm³/mol. The van der Waals surface area contributed by atoms with Gasteiger partial charge in [-0.1, -0.05) is 42.0 Å². The van der Waals surface area contributed by atoms with Crippen LogP contribution in [0.1, 0.15) is 29.8 Å². The van der Waals surface area contributed by atoms with E-state index in [0.717, 1.165) is 11.3 Å². The number of hydrogen-bond acceptors (Lipinski definition) is 6. The number of ketones is 1. The second-order valence-electron chi connectivity index (χ2n) is 7.31. The molecule has 0 amide bonds. The molecule has 0 spiro atoms. The number of anilines is 1. The third-order valence-corrected chi connectivity index (χ3v) is 5.73. The van der Waals surface area contributed by atoms with Gasteiger partial charge in [0.25, 0.3) is 0 Å². The number of para-hydroxylation sites is 1. The van der Waals surface area contributed by atoms with E-state index in [9.17, 15) is 14.4 Å². The fraction of sp³-hybridized carbons (Fsp3) is 0.240. The molecule has 2 unspecified atom stereocenters. The van der Waals surface area contributed by atoms with E-state index in [4.69, 9.17) is 21.1 Å². The van der Waals surface area contributed by atoms with E-state index in [2.05, 4.69) is 0 Å². The fourth-order valence-corrected chi connectivity index (χ4v) is 4.31. The van der Waals surface area contributed by atoms with Gasteiger partial charge in [-0.3, -0.25) is 4.79 Å². The lowest BCUT2D eigenvalue weighted by Gasteiger charge is -2.35. The minimum absolute atomic E-state index is 0.0107. The first kappa shape index (κ1) is 21.8. The summed E-state index contributed by atoms with van der Waals surface area (Å²) in [5.41, 5.74) is 2.14. The number of benzene rings is 2. The number of esters is 2. The van der Waals surface area contributed by atoms with E-state index in [1.54, 1.807) is 43.0 Å². The van der Waals surface area contributed by atoms with Crippen molar-refractivity contribution < 1.29 is 23.9 Å². The Kier molecular flexibility index (Phi) is 6.15. The maximum Gasteiger partial charge on any atom is 0.337 e. The molecular formula is C25H22ClNO5. The third-order valence-electron chi connectivity index (χ3n) is 5.48. The lowest BCUT2D eigenvalue weighted by atomic mass is 9.95. The largest absolute Gasteiger partial charge is 0.463 e. The number of hydrogen-bond donors (Lipinski definition) is 0. The summed E-state index contributed by atoms with van der Waals surface area (Å²) < 4.78 is 10.6. The van der Waals surface area contributed by atoms with Gasteiger partial charge < -0.3 is 14.4 Å². The van der Waals surface area contributed by atoms with Crippen LogP contribution in [0, 0.1) is 0 Å². The van der Waals surface area contributed by atoms with Crippen molar-refractivity contribution >= 4 is 41.1 Å². The Morgan fingerprint density at radius 3 is 2.19 bits per heavy atom. The average Bonchev–Trinajstić information content (AvgIpc) is 3.15. The first-order valence-corrected chi connectivity index (χ1v) is 10.8. The average molecular weight is 452 g/mol. The molecule has 7 heteroatoms. The predicted octanol–water partition coefficient (Wildman–Crippen LogP) is 4.23. The summed E-state index contributed by atoms with van der Waals surface area (Å²) in [5, 5.41) is 0.491. The van der Waals surface area contributed by atoms with Gasteiger partial charge in [0, 0.05) is 16.3 Å². The van der Waals surface area contributed by atoms with Gasteiger partial charge in [-0.05, 0) is 49.7 Å². The zero-order chi connectivity index (χ0) is 22.8. The molecule has 6 nitrogen and oxygen atoms in total. The molecule has 2 heterocycles. The van der Waals surface area contributed by atoms with Gasteiger partial charge in [0.1, 0.15) is 6.04 Å². The molecule has 0 aliphatic carbocycles. The van der Waals surface area contributed by atoms with E-state index in [0.29, 0.717) is 10.6 Å². The standard InChI is InChI=1S/C25H22ClNO5/c1-3-31-24(29)20-19-14-11-15-7-5-6-8-18(15)27(19)22(21(20)25(30)32-4-2)23(28)16-9-12-17(26)13-10-16/h5-14,19,22H,3-4H2,1-2H3. The van der Waals surface area contributed by atoms with Crippen LogP contribution in [-0.2, 0) is 19.1 Å². The molecule has 4 rings (SSSR count). The van der Waals surface area contributed by atoms with Crippen molar-refractivity contribution in [3.63, 3.8) is 0 Å². The van der Waals surface area contributed by atoms with Crippen molar-refractivity contribution in [3.05, 3.63) is 81.9 Å². The van der Waals surface area contributed by atoms with Crippen molar-refractivity contribution in [1.82, 2.24) is 0 Å². The van der Waals surface area contributed by atoms with Crippen molar-refractivity contribution in [2.45, 2.75) is 25.9 Å². The quantitative estimate of drug-likeness (QED) is 0.483. The van der Waals surface area contributed by atoms with Crippen molar-refractivity contribution in [2.75, 3.05) is 18.1 Å². The maximum absolute atomic E-state index is 13.8. The number of Topliss-reactive ketones (excluding diaryl/α,β-unsaturated/α-hetero) is 1. The lowest BCUT2D eigenvalue weighted by Crippen LogP contribution is -2.45. The van der Waals surface area contributed by atoms with Crippen LogP contribution < -0.4 is 4.90 Å². The van der Waals surface area contributed by atoms with Crippen LogP contribution >= 0.6 is 11.6 Å². The summed E-state index contributed by atoms with van der Waals surface area (Å²) in [7, 11) is 0. The molecule has 2 aromatic rings. The zero-order valence-electron chi connectivity index (χ0n) is 17.7. The van der Waals surface area contributed by atoms with Gasteiger partial charge in [0.2, 0.25) is 0 Å². The second kappa shape index (κ2) is 9.01. The van der Waals surface area contributed by atoms with Gasteiger partial charge in [-0.25, -0.2) is 9.59 Å². The summed E-state index contributed by atoms with van der Waals surface area (Å²) in [4.78, 5) is 41.7. The Balaban J connectivity index is 1.93. The Morgan fingerprint density at radius 2 is 1.53 bits per heavy atom. The molecule has 2 aliphatic rings. The van der Waals surface area contributed by atoms with Gasteiger partial charge in [-0.15, -0.1) is 0 Å². The minimum Gasteiger partial charge on any atom is -0.463 e. The normalized spacial score (nSPS) is 18.8. The monoisotopic (exact) mass is 451 g/mol. The maximum atomic E-state index is 13.8. The molecule has 0 saturated carbocycles. The minimum atomic E-state index is -1.05. The lowest BCUT2D eigenvalue weighted by molar-refractivity contribution is -0.141. The van der Waals surface area contributed by atoms with Crippen molar-refractivity contribution in [3.8, 4) is 0 Å². The van der Waals surface area contributed by atoms with E-state index in [1.807, 2.05) is 36.4 Å². The molecule has 32 heavy (non-hydrogen) atoms. The van der Waals surface area contributed by atoms with Crippen LogP contribution in [0.2, 0.25) is 5.02 Å². The third kappa shape index (κ3) is 3.71. The molecule has 0 N–H and O–H groups in total. The number of halogens is 1.